The Balaban J connectivity index is 2.14. The van der Waals surface area contributed by atoms with Gasteiger partial charge in [-0.3, -0.25) is 0 Å². The SMILES string of the molecule is CN1Cc2cc(C(C)(C)C)cc3c2C(CCCO3)C1. The molecule has 0 fully saturated rings. The van der Waals surface area contributed by atoms with Gasteiger partial charge in [0.2, 0.25) is 0 Å². The number of hydrogen-bond acceptors (Lipinski definition) is 2. The molecule has 2 heterocycles. The first kappa shape index (κ1) is 13.0. The fourth-order valence-corrected chi connectivity index (χ4v) is 3.40. The molecule has 0 N–H and O–H groups in total. The van der Waals surface area contributed by atoms with E-state index in [4.69, 9.17) is 4.74 Å². The van der Waals surface area contributed by atoms with Gasteiger partial charge in [-0.15, -0.1) is 0 Å². The molecule has 0 aliphatic carbocycles. The first-order valence-corrected chi connectivity index (χ1v) is 7.44. The monoisotopic (exact) mass is 259 g/mol. The van der Waals surface area contributed by atoms with Gasteiger partial charge in [0.05, 0.1) is 6.61 Å². The van der Waals surface area contributed by atoms with E-state index in [9.17, 15) is 0 Å². The lowest BCUT2D eigenvalue weighted by Crippen LogP contribution is -2.30. The first-order chi connectivity index (χ1) is 8.95. The molecule has 0 aromatic heterocycles. The summed E-state index contributed by atoms with van der Waals surface area (Å²) in [4.78, 5) is 2.45. The second-order valence-electron chi connectivity index (χ2n) is 7.18. The van der Waals surface area contributed by atoms with Gasteiger partial charge in [-0.25, -0.2) is 0 Å². The van der Waals surface area contributed by atoms with Crippen molar-refractivity contribution in [3.63, 3.8) is 0 Å². The molecule has 1 atom stereocenters. The Morgan fingerprint density at radius 2 is 2.05 bits per heavy atom. The average Bonchev–Trinajstić information content (AvgIpc) is 2.51. The van der Waals surface area contributed by atoms with Crippen LogP contribution >= 0.6 is 0 Å². The number of rotatable bonds is 0. The minimum atomic E-state index is 0.187. The molecular formula is C17H25NO. The predicted molar refractivity (Wildman–Crippen MR) is 78.9 cm³/mol. The van der Waals surface area contributed by atoms with Crippen LogP contribution in [0, 0.1) is 0 Å². The van der Waals surface area contributed by atoms with Crippen molar-refractivity contribution < 1.29 is 4.74 Å². The van der Waals surface area contributed by atoms with Crippen molar-refractivity contribution in [3.05, 3.63) is 28.8 Å². The zero-order chi connectivity index (χ0) is 13.6. The van der Waals surface area contributed by atoms with Gasteiger partial charge >= 0.3 is 0 Å². The Morgan fingerprint density at radius 3 is 2.79 bits per heavy atom. The Bertz CT molecular complexity index is 487. The summed E-state index contributed by atoms with van der Waals surface area (Å²) in [6, 6.07) is 4.71. The maximum absolute atomic E-state index is 6.05. The highest BCUT2D eigenvalue weighted by Gasteiger charge is 2.30. The van der Waals surface area contributed by atoms with Crippen LogP contribution in [0.25, 0.3) is 0 Å². The van der Waals surface area contributed by atoms with Crippen molar-refractivity contribution in [2.24, 2.45) is 0 Å². The molecule has 0 radical (unpaired) electrons. The topological polar surface area (TPSA) is 12.5 Å². The summed E-state index contributed by atoms with van der Waals surface area (Å²) >= 11 is 0. The molecule has 0 saturated carbocycles. The number of benzene rings is 1. The Hall–Kier alpha value is -1.02. The number of likely N-dealkylation sites (N-methyl/N-ethyl adjacent to an activating group) is 1. The Kier molecular flexibility index (Phi) is 3.09. The summed E-state index contributed by atoms with van der Waals surface area (Å²) in [5.74, 6) is 1.83. The molecule has 1 aromatic carbocycles. The van der Waals surface area contributed by atoms with Crippen molar-refractivity contribution in [1.82, 2.24) is 4.90 Å². The van der Waals surface area contributed by atoms with Gasteiger partial charge < -0.3 is 9.64 Å². The predicted octanol–water partition coefficient (Wildman–Crippen LogP) is 3.69. The van der Waals surface area contributed by atoms with E-state index in [1.54, 1.807) is 0 Å². The van der Waals surface area contributed by atoms with Gasteiger partial charge in [0.1, 0.15) is 5.75 Å². The summed E-state index contributed by atoms with van der Waals surface area (Å²) in [6.45, 7) is 9.96. The van der Waals surface area contributed by atoms with E-state index in [0.717, 1.165) is 18.9 Å². The van der Waals surface area contributed by atoms with Gasteiger partial charge in [0.25, 0.3) is 0 Å². The number of ether oxygens (including phenoxy) is 1. The molecule has 2 nitrogen and oxygen atoms in total. The average molecular weight is 259 g/mol. The molecule has 104 valence electrons. The van der Waals surface area contributed by atoms with Crippen LogP contribution in [0.5, 0.6) is 5.75 Å². The number of hydrogen-bond donors (Lipinski definition) is 0. The fraction of sp³-hybridized carbons (Fsp3) is 0.647. The molecule has 2 aliphatic heterocycles. The molecule has 0 bridgehead atoms. The van der Waals surface area contributed by atoms with Crippen LogP contribution in [0.2, 0.25) is 0 Å². The third kappa shape index (κ3) is 2.38. The molecule has 1 aromatic rings. The molecule has 2 aliphatic rings. The standard InChI is InChI=1S/C17H25NO/c1-17(2,3)14-8-13-11-18(4)10-12-6-5-7-19-15(9-14)16(12)13/h8-9,12H,5-7,10-11H2,1-4H3. The first-order valence-electron chi connectivity index (χ1n) is 7.44. The quantitative estimate of drug-likeness (QED) is 0.704. The van der Waals surface area contributed by atoms with Gasteiger partial charge in [0, 0.05) is 24.6 Å². The highest BCUT2D eigenvalue weighted by Crippen LogP contribution is 2.42. The van der Waals surface area contributed by atoms with Crippen molar-refractivity contribution in [2.45, 2.75) is 51.5 Å². The van der Waals surface area contributed by atoms with Crippen molar-refractivity contribution in [3.8, 4) is 5.75 Å². The van der Waals surface area contributed by atoms with E-state index in [1.807, 2.05) is 0 Å². The number of nitrogens with zero attached hydrogens (tertiary/aromatic N) is 1. The second-order valence-corrected chi connectivity index (χ2v) is 7.18. The van der Waals surface area contributed by atoms with E-state index in [0.29, 0.717) is 5.92 Å². The summed E-state index contributed by atoms with van der Waals surface area (Å²) in [5, 5.41) is 0. The molecule has 0 amide bonds. The van der Waals surface area contributed by atoms with Crippen LogP contribution in [-0.2, 0) is 12.0 Å². The summed E-state index contributed by atoms with van der Waals surface area (Å²) in [5.41, 5.74) is 4.58. The zero-order valence-corrected chi connectivity index (χ0v) is 12.6. The lowest BCUT2D eigenvalue weighted by atomic mass is 9.80. The highest BCUT2D eigenvalue weighted by atomic mass is 16.5. The van der Waals surface area contributed by atoms with Crippen LogP contribution in [0.3, 0.4) is 0 Å². The largest absolute Gasteiger partial charge is 0.493 e. The van der Waals surface area contributed by atoms with Crippen LogP contribution in [0.15, 0.2) is 12.1 Å². The molecule has 0 saturated heterocycles. The third-order valence-corrected chi connectivity index (χ3v) is 4.43. The van der Waals surface area contributed by atoms with Crippen molar-refractivity contribution >= 4 is 0 Å². The summed E-state index contributed by atoms with van der Waals surface area (Å²) < 4.78 is 6.05. The molecular weight excluding hydrogens is 234 g/mol. The molecule has 2 heteroatoms. The van der Waals surface area contributed by atoms with Crippen molar-refractivity contribution in [2.75, 3.05) is 20.2 Å². The molecule has 3 rings (SSSR count). The molecule has 1 unspecified atom stereocenters. The van der Waals surface area contributed by atoms with Crippen molar-refractivity contribution in [1.29, 1.82) is 0 Å². The van der Waals surface area contributed by atoms with E-state index in [1.165, 1.54) is 36.1 Å². The van der Waals surface area contributed by atoms with Gasteiger partial charge in [-0.1, -0.05) is 26.8 Å². The third-order valence-electron chi connectivity index (χ3n) is 4.43. The highest BCUT2D eigenvalue weighted by molar-refractivity contribution is 5.49. The lowest BCUT2D eigenvalue weighted by molar-refractivity contribution is 0.274. The summed E-state index contributed by atoms with van der Waals surface area (Å²) in [6.07, 6.45) is 2.44. The molecule has 19 heavy (non-hydrogen) atoms. The molecule has 0 spiro atoms. The van der Waals surface area contributed by atoms with Crippen LogP contribution in [0.4, 0.5) is 0 Å². The van der Waals surface area contributed by atoms with E-state index in [-0.39, 0.29) is 5.41 Å². The van der Waals surface area contributed by atoms with Gasteiger partial charge in [-0.05, 0) is 42.5 Å². The van der Waals surface area contributed by atoms with E-state index < -0.39 is 0 Å². The second kappa shape index (κ2) is 4.52. The summed E-state index contributed by atoms with van der Waals surface area (Å²) in [7, 11) is 2.23. The maximum Gasteiger partial charge on any atom is 0.123 e. The minimum absolute atomic E-state index is 0.187. The Morgan fingerprint density at radius 1 is 1.26 bits per heavy atom. The normalized spacial score (nSPS) is 23.5. The zero-order valence-electron chi connectivity index (χ0n) is 12.6. The minimum Gasteiger partial charge on any atom is -0.493 e. The van der Waals surface area contributed by atoms with Gasteiger partial charge in [-0.2, -0.15) is 0 Å². The van der Waals surface area contributed by atoms with E-state index >= 15 is 0 Å². The maximum atomic E-state index is 6.05. The van der Waals surface area contributed by atoms with Crippen LogP contribution in [0.1, 0.15) is 56.2 Å². The Labute approximate surface area is 116 Å². The lowest BCUT2D eigenvalue weighted by Gasteiger charge is -2.33. The smallest absolute Gasteiger partial charge is 0.123 e. The van der Waals surface area contributed by atoms with Crippen LogP contribution < -0.4 is 4.74 Å². The van der Waals surface area contributed by atoms with Gasteiger partial charge in [0.15, 0.2) is 0 Å². The fourth-order valence-electron chi connectivity index (χ4n) is 3.40. The van der Waals surface area contributed by atoms with E-state index in [2.05, 4.69) is 44.9 Å². The van der Waals surface area contributed by atoms with Crippen LogP contribution in [-0.4, -0.2) is 25.1 Å².